The van der Waals surface area contributed by atoms with Crippen LogP contribution in [0.15, 0.2) is 12.2 Å². The first-order valence-electron chi connectivity index (χ1n) is 3.50. The summed E-state index contributed by atoms with van der Waals surface area (Å²) in [7, 11) is 0. The van der Waals surface area contributed by atoms with Gasteiger partial charge < -0.3 is 4.74 Å². The minimum absolute atomic E-state index is 0.0243. The lowest BCUT2D eigenvalue weighted by Crippen LogP contribution is -2.22. The highest BCUT2D eigenvalue weighted by Gasteiger charge is 2.27. The second-order valence-electron chi connectivity index (χ2n) is 2.62. The summed E-state index contributed by atoms with van der Waals surface area (Å²) in [6, 6.07) is 0. The van der Waals surface area contributed by atoms with Crippen molar-refractivity contribution in [2.24, 2.45) is 5.92 Å². The Kier molecular flexibility index (Phi) is 2.08. The molecule has 0 saturated heterocycles. The molecule has 2 atom stereocenters. The molecule has 1 aliphatic rings. The Bertz CT molecular complexity index is 217. The Morgan fingerprint density at radius 1 is 1.64 bits per heavy atom. The van der Waals surface area contributed by atoms with Gasteiger partial charge in [0, 0.05) is 6.92 Å². The number of ketones is 1. The van der Waals surface area contributed by atoms with Crippen molar-refractivity contribution >= 4 is 11.8 Å². The Morgan fingerprint density at radius 3 is 2.64 bits per heavy atom. The quantitative estimate of drug-likeness (QED) is 0.522. The molecular weight excluding hydrogens is 144 g/mol. The molecule has 0 aliphatic heterocycles. The summed E-state index contributed by atoms with van der Waals surface area (Å²) in [5.41, 5.74) is 0. The van der Waals surface area contributed by atoms with Gasteiger partial charge in [0.1, 0.15) is 6.10 Å². The van der Waals surface area contributed by atoms with Gasteiger partial charge in [0.15, 0.2) is 5.78 Å². The van der Waals surface area contributed by atoms with E-state index in [2.05, 4.69) is 0 Å². The zero-order valence-electron chi connectivity index (χ0n) is 6.53. The lowest BCUT2D eigenvalue weighted by Gasteiger charge is -2.12. The van der Waals surface area contributed by atoms with E-state index in [9.17, 15) is 9.59 Å². The standard InChI is InChI=1S/C8H10O3/c1-5-7(10)3-4-8(5)11-6(2)9/h3-5,8H,1-2H3/t5-,8-/m0/s1. The van der Waals surface area contributed by atoms with E-state index in [1.807, 2.05) is 0 Å². The van der Waals surface area contributed by atoms with Gasteiger partial charge >= 0.3 is 5.97 Å². The average molecular weight is 154 g/mol. The van der Waals surface area contributed by atoms with Gasteiger partial charge in [-0.3, -0.25) is 9.59 Å². The van der Waals surface area contributed by atoms with Crippen LogP contribution in [0.5, 0.6) is 0 Å². The molecule has 60 valence electrons. The summed E-state index contributed by atoms with van der Waals surface area (Å²) in [4.78, 5) is 21.4. The van der Waals surface area contributed by atoms with Crippen molar-refractivity contribution < 1.29 is 14.3 Å². The van der Waals surface area contributed by atoms with E-state index in [1.165, 1.54) is 13.0 Å². The fourth-order valence-corrected chi connectivity index (χ4v) is 1.00. The molecule has 0 aromatic rings. The number of hydrogen-bond donors (Lipinski definition) is 0. The number of carbonyl (C=O) groups is 2. The van der Waals surface area contributed by atoms with E-state index < -0.39 is 0 Å². The number of carbonyl (C=O) groups excluding carboxylic acids is 2. The van der Waals surface area contributed by atoms with E-state index in [0.29, 0.717) is 0 Å². The minimum Gasteiger partial charge on any atom is -0.458 e. The van der Waals surface area contributed by atoms with Crippen molar-refractivity contribution in [3.05, 3.63) is 12.2 Å². The normalized spacial score (nSPS) is 29.1. The van der Waals surface area contributed by atoms with Gasteiger partial charge in [-0.25, -0.2) is 0 Å². The topological polar surface area (TPSA) is 43.4 Å². The second kappa shape index (κ2) is 2.86. The molecule has 1 rings (SSSR count). The van der Waals surface area contributed by atoms with Crippen molar-refractivity contribution in [2.45, 2.75) is 20.0 Å². The van der Waals surface area contributed by atoms with Crippen LogP contribution in [0.1, 0.15) is 13.8 Å². The number of esters is 1. The number of hydrogen-bond acceptors (Lipinski definition) is 3. The van der Waals surface area contributed by atoms with Crippen molar-refractivity contribution in [2.75, 3.05) is 0 Å². The van der Waals surface area contributed by atoms with Crippen LogP contribution in [0, 0.1) is 5.92 Å². The van der Waals surface area contributed by atoms with E-state index in [4.69, 9.17) is 4.74 Å². The maximum absolute atomic E-state index is 10.9. The van der Waals surface area contributed by atoms with Gasteiger partial charge in [-0.2, -0.15) is 0 Å². The molecule has 0 unspecified atom stereocenters. The number of allylic oxidation sites excluding steroid dienone is 1. The molecule has 11 heavy (non-hydrogen) atoms. The number of rotatable bonds is 1. The highest BCUT2D eigenvalue weighted by Crippen LogP contribution is 2.17. The first-order chi connectivity index (χ1) is 5.11. The van der Waals surface area contributed by atoms with Crippen LogP contribution in [0.4, 0.5) is 0 Å². The molecule has 1 aliphatic carbocycles. The van der Waals surface area contributed by atoms with E-state index in [0.717, 1.165) is 0 Å². The third kappa shape index (κ3) is 1.67. The Morgan fingerprint density at radius 2 is 2.27 bits per heavy atom. The second-order valence-corrected chi connectivity index (χ2v) is 2.62. The summed E-state index contributed by atoms with van der Waals surface area (Å²) in [6.07, 6.45) is 2.73. The van der Waals surface area contributed by atoms with Crippen LogP contribution in [-0.2, 0) is 14.3 Å². The van der Waals surface area contributed by atoms with Gasteiger partial charge in [-0.15, -0.1) is 0 Å². The summed E-state index contributed by atoms with van der Waals surface area (Å²) < 4.78 is 4.85. The van der Waals surface area contributed by atoms with Gasteiger partial charge in [0.05, 0.1) is 5.92 Å². The average Bonchev–Trinajstić information content (AvgIpc) is 2.18. The molecule has 0 spiro atoms. The minimum atomic E-state index is -0.347. The summed E-state index contributed by atoms with van der Waals surface area (Å²) >= 11 is 0. The summed E-state index contributed by atoms with van der Waals surface area (Å²) in [5.74, 6) is -0.531. The first kappa shape index (κ1) is 7.98. The molecule has 3 heteroatoms. The molecule has 0 N–H and O–H groups in total. The van der Waals surface area contributed by atoms with Gasteiger partial charge in [0.25, 0.3) is 0 Å². The maximum atomic E-state index is 10.9. The van der Waals surface area contributed by atoms with Gasteiger partial charge in [0.2, 0.25) is 0 Å². The highest BCUT2D eigenvalue weighted by molar-refractivity contribution is 5.95. The summed E-state index contributed by atoms with van der Waals surface area (Å²) in [6.45, 7) is 3.08. The molecule has 0 heterocycles. The maximum Gasteiger partial charge on any atom is 0.303 e. The van der Waals surface area contributed by atoms with Gasteiger partial charge in [-0.1, -0.05) is 6.92 Å². The lowest BCUT2D eigenvalue weighted by atomic mass is 10.1. The van der Waals surface area contributed by atoms with Crippen LogP contribution in [0.25, 0.3) is 0 Å². The van der Waals surface area contributed by atoms with Crippen LogP contribution >= 0.6 is 0 Å². The molecule has 0 radical (unpaired) electrons. The highest BCUT2D eigenvalue weighted by atomic mass is 16.5. The molecule has 0 aromatic heterocycles. The first-order valence-corrected chi connectivity index (χ1v) is 3.50. The predicted octanol–water partition coefficient (Wildman–Crippen LogP) is 0.693. The number of ether oxygens (including phenoxy) is 1. The third-order valence-electron chi connectivity index (χ3n) is 1.69. The largest absolute Gasteiger partial charge is 0.458 e. The van der Waals surface area contributed by atoms with Crippen LogP contribution in [0.2, 0.25) is 0 Å². The van der Waals surface area contributed by atoms with Crippen molar-refractivity contribution in [1.29, 1.82) is 0 Å². The van der Waals surface area contributed by atoms with Crippen molar-refractivity contribution in [3.8, 4) is 0 Å². The van der Waals surface area contributed by atoms with Crippen LogP contribution < -0.4 is 0 Å². The van der Waals surface area contributed by atoms with Crippen LogP contribution in [-0.4, -0.2) is 17.9 Å². The zero-order chi connectivity index (χ0) is 8.43. The molecule has 0 saturated carbocycles. The Balaban J connectivity index is 2.56. The van der Waals surface area contributed by atoms with E-state index in [-0.39, 0.29) is 23.8 Å². The third-order valence-corrected chi connectivity index (χ3v) is 1.69. The van der Waals surface area contributed by atoms with Crippen molar-refractivity contribution in [1.82, 2.24) is 0 Å². The molecule has 3 nitrogen and oxygen atoms in total. The SMILES string of the molecule is CC(=O)O[C@H]1C=CC(=O)[C@@H]1C. The predicted molar refractivity (Wildman–Crippen MR) is 38.9 cm³/mol. The Hall–Kier alpha value is -1.12. The Labute approximate surface area is 65.0 Å². The molecular formula is C8H10O3. The fourth-order valence-electron chi connectivity index (χ4n) is 1.00. The van der Waals surface area contributed by atoms with E-state index in [1.54, 1.807) is 13.0 Å². The molecule has 0 amide bonds. The molecule has 0 fully saturated rings. The monoisotopic (exact) mass is 154 g/mol. The molecule has 0 aromatic carbocycles. The molecule has 0 bridgehead atoms. The van der Waals surface area contributed by atoms with Crippen molar-refractivity contribution in [3.63, 3.8) is 0 Å². The fraction of sp³-hybridized carbons (Fsp3) is 0.500. The van der Waals surface area contributed by atoms with Gasteiger partial charge in [-0.05, 0) is 12.2 Å². The zero-order valence-corrected chi connectivity index (χ0v) is 6.53. The smallest absolute Gasteiger partial charge is 0.303 e. The lowest BCUT2D eigenvalue weighted by molar-refractivity contribution is -0.146. The summed E-state index contributed by atoms with van der Waals surface area (Å²) in [5, 5.41) is 0. The van der Waals surface area contributed by atoms with Crippen LogP contribution in [0.3, 0.4) is 0 Å². The van der Waals surface area contributed by atoms with E-state index >= 15 is 0 Å².